The van der Waals surface area contributed by atoms with Crippen LogP contribution in [0.25, 0.3) is 0 Å². The molecule has 1 aliphatic carbocycles. The molecule has 1 aromatic rings. The molecule has 1 fully saturated rings. The lowest BCUT2D eigenvalue weighted by Gasteiger charge is -2.17. The first-order chi connectivity index (χ1) is 8.11. The molecule has 2 rings (SSSR count). The molecule has 17 heavy (non-hydrogen) atoms. The maximum atomic E-state index is 3.77. The lowest BCUT2D eigenvalue weighted by molar-refractivity contribution is 0.528. The van der Waals surface area contributed by atoms with Crippen molar-refractivity contribution in [2.75, 3.05) is 0 Å². The quantitative estimate of drug-likeness (QED) is 0.803. The van der Waals surface area contributed by atoms with Crippen molar-refractivity contribution in [3.05, 3.63) is 34.9 Å². The first kappa shape index (κ1) is 12.6. The molecule has 0 heterocycles. The summed E-state index contributed by atoms with van der Waals surface area (Å²) in [6.45, 7) is 8.95. The van der Waals surface area contributed by atoms with E-state index in [4.69, 9.17) is 0 Å². The van der Waals surface area contributed by atoms with Crippen molar-refractivity contribution in [3.63, 3.8) is 0 Å². The van der Waals surface area contributed by atoms with Crippen LogP contribution >= 0.6 is 0 Å². The van der Waals surface area contributed by atoms with E-state index < -0.39 is 0 Å². The first-order valence-electron chi connectivity index (χ1n) is 6.95. The SMILES string of the molecule is CCCC1CC1NC(C)c1ccc(C)cc1C. The molecule has 0 saturated heterocycles. The Morgan fingerprint density at radius 2 is 2.12 bits per heavy atom. The fourth-order valence-electron chi connectivity index (χ4n) is 2.86. The van der Waals surface area contributed by atoms with Crippen LogP contribution in [-0.2, 0) is 0 Å². The highest BCUT2D eigenvalue weighted by Gasteiger charge is 2.36. The van der Waals surface area contributed by atoms with E-state index in [2.05, 4.69) is 51.2 Å². The number of benzene rings is 1. The Morgan fingerprint density at radius 1 is 1.35 bits per heavy atom. The summed E-state index contributed by atoms with van der Waals surface area (Å²) in [4.78, 5) is 0. The molecule has 0 aromatic heterocycles. The van der Waals surface area contributed by atoms with E-state index >= 15 is 0 Å². The first-order valence-corrected chi connectivity index (χ1v) is 6.95. The molecule has 0 spiro atoms. The van der Waals surface area contributed by atoms with Gasteiger partial charge in [-0.1, -0.05) is 37.1 Å². The third-order valence-corrected chi connectivity index (χ3v) is 3.94. The second-order valence-corrected chi connectivity index (χ2v) is 5.64. The van der Waals surface area contributed by atoms with Crippen LogP contribution in [0.5, 0.6) is 0 Å². The van der Waals surface area contributed by atoms with Gasteiger partial charge in [-0.15, -0.1) is 0 Å². The summed E-state index contributed by atoms with van der Waals surface area (Å²) >= 11 is 0. The molecule has 1 aliphatic rings. The van der Waals surface area contributed by atoms with E-state index in [0.717, 1.165) is 12.0 Å². The summed E-state index contributed by atoms with van der Waals surface area (Å²) in [5, 5.41) is 3.77. The molecule has 3 unspecified atom stereocenters. The number of hydrogen-bond donors (Lipinski definition) is 1. The maximum Gasteiger partial charge on any atom is 0.0297 e. The minimum Gasteiger partial charge on any atom is -0.307 e. The van der Waals surface area contributed by atoms with E-state index in [1.165, 1.54) is 36.0 Å². The molecule has 94 valence electrons. The lowest BCUT2D eigenvalue weighted by atomic mass is 10.0. The van der Waals surface area contributed by atoms with Gasteiger partial charge in [-0.05, 0) is 50.7 Å². The minimum absolute atomic E-state index is 0.488. The zero-order valence-corrected chi connectivity index (χ0v) is 11.6. The molecule has 3 atom stereocenters. The fourth-order valence-corrected chi connectivity index (χ4v) is 2.86. The van der Waals surface area contributed by atoms with Crippen molar-refractivity contribution in [2.45, 2.75) is 59.0 Å². The summed E-state index contributed by atoms with van der Waals surface area (Å²) in [6, 6.07) is 8.04. The second-order valence-electron chi connectivity index (χ2n) is 5.64. The van der Waals surface area contributed by atoms with Gasteiger partial charge in [0.15, 0.2) is 0 Å². The molecule has 1 N–H and O–H groups in total. The zero-order chi connectivity index (χ0) is 12.4. The smallest absolute Gasteiger partial charge is 0.0297 e. The van der Waals surface area contributed by atoms with Crippen LogP contribution in [0, 0.1) is 19.8 Å². The highest BCUT2D eigenvalue weighted by molar-refractivity contribution is 5.32. The van der Waals surface area contributed by atoms with Crippen molar-refractivity contribution >= 4 is 0 Å². The minimum atomic E-state index is 0.488. The van der Waals surface area contributed by atoms with Gasteiger partial charge in [-0.25, -0.2) is 0 Å². The summed E-state index contributed by atoms with van der Waals surface area (Å²) in [5.41, 5.74) is 4.23. The second kappa shape index (κ2) is 5.22. The molecular formula is C16H25N. The number of aryl methyl sites for hydroxylation is 2. The van der Waals surface area contributed by atoms with Gasteiger partial charge in [0, 0.05) is 12.1 Å². The van der Waals surface area contributed by atoms with Crippen molar-refractivity contribution in [1.29, 1.82) is 0 Å². The van der Waals surface area contributed by atoms with Gasteiger partial charge in [0.1, 0.15) is 0 Å². The van der Waals surface area contributed by atoms with E-state index in [0.29, 0.717) is 6.04 Å². The highest BCUT2D eigenvalue weighted by Crippen LogP contribution is 2.36. The third kappa shape index (κ3) is 3.10. The number of rotatable bonds is 5. The number of nitrogens with one attached hydrogen (secondary N) is 1. The molecule has 0 amide bonds. The van der Waals surface area contributed by atoms with Crippen molar-refractivity contribution < 1.29 is 0 Å². The molecule has 0 aliphatic heterocycles. The zero-order valence-electron chi connectivity index (χ0n) is 11.6. The number of hydrogen-bond acceptors (Lipinski definition) is 1. The summed E-state index contributed by atoms with van der Waals surface area (Å²) in [5.74, 6) is 0.938. The summed E-state index contributed by atoms with van der Waals surface area (Å²) in [6.07, 6.45) is 4.08. The van der Waals surface area contributed by atoms with Crippen LogP contribution in [0.1, 0.15) is 55.8 Å². The summed E-state index contributed by atoms with van der Waals surface area (Å²) in [7, 11) is 0. The predicted molar refractivity (Wildman–Crippen MR) is 74.3 cm³/mol. The van der Waals surface area contributed by atoms with Crippen LogP contribution in [0.2, 0.25) is 0 Å². The average Bonchev–Trinajstić information content (AvgIpc) is 2.96. The van der Waals surface area contributed by atoms with Crippen LogP contribution in [0.4, 0.5) is 0 Å². The largest absolute Gasteiger partial charge is 0.307 e. The molecule has 1 aromatic carbocycles. The predicted octanol–water partition coefficient (Wildman–Crippen LogP) is 4.14. The topological polar surface area (TPSA) is 12.0 Å². The van der Waals surface area contributed by atoms with Crippen molar-refractivity contribution in [1.82, 2.24) is 5.32 Å². The molecule has 1 heteroatoms. The van der Waals surface area contributed by atoms with E-state index in [1.807, 2.05) is 0 Å². The van der Waals surface area contributed by atoms with Gasteiger partial charge in [0.2, 0.25) is 0 Å². The van der Waals surface area contributed by atoms with E-state index in [-0.39, 0.29) is 0 Å². The van der Waals surface area contributed by atoms with Crippen LogP contribution in [0.3, 0.4) is 0 Å². The molecule has 0 radical (unpaired) electrons. The fraction of sp³-hybridized carbons (Fsp3) is 0.625. The Balaban J connectivity index is 1.94. The van der Waals surface area contributed by atoms with Gasteiger partial charge in [0.25, 0.3) is 0 Å². The average molecular weight is 231 g/mol. The molecular weight excluding hydrogens is 206 g/mol. The highest BCUT2D eigenvalue weighted by atomic mass is 15.0. The Hall–Kier alpha value is -0.820. The van der Waals surface area contributed by atoms with Crippen molar-refractivity contribution in [3.8, 4) is 0 Å². The van der Waals surface area contributed by atoms with Gasteiger partial charge < -0.3 is 5.32 Å². The third-order valence-electron chi connectivity index (χ3n) is 3.94. The Kier molecular flexibility index (Phi) is 3.88. The Labute approximate surface area is 106 Å². The summed E-state index contributed by atoms with van der Waals surface area (Å²) < 4.78 is 0. The van der Waals surface area contributed by atoms with Crippen LogP contribution in [-0.4, -0.2) is 6.04 Å². The standard InChI is InChI=1S/C16H25N/c1-5-6-14-10-16(14)17-13(4)15-8-7-11(2)9-12(15)3/h7-9,13-14,16-17H,5-6,10H2,1-4H3. The lowest BCUT2D eigenvalue weighted by Crippen LogP contribution is -2.23. The van der Waals surface area contributed by atoms with E-state index in [1.54, 1.807) is 0 Å². The van der Waals surface area contributed by atoms with Gasteiger partial charge in [0.05, 0.1) is 0 Å². The molecule has 1 nitrogen and oxygen atoms in total. The Bertz CT molecular complexity index is 383. The molecule has 0 bridgehead atoms. The van der Waals surface area contributed by atoms with Gasteiger partial charge in [-0.2, -0.15) is 0 Å². The van der Waals surface area contributed by atoms with Gasteiger partial charge >= 0.3 is 0 Å². The molecule has 1 saturated carbocycles. The van der Waals surface area contributed by atoms with Crippen LogP contribution < -0.4 is 5.32 Å². The van der Waals surface area contributed by atoms with E-state index in [9.17, 15) is 0 Å². The maximum absolute atomic E-state index is 3.77. The van der Waals surface area contributed by atoms with Crippen LogP contribution in [0.15, 0.2) is 18.2 Å². The Morgan fingerprint density at radius 3 is 2.76 bits per heavy atom. The van der Waals surface area contributed by atoms with Gasteiger partial charge in [-0.3, -0.25) is 0 Å². The van der Waals surface area contributed by atoms with Crippen molar-refractivity contribution in [2.24, 2.45) is 5.92 Å². The monoisotopic (exact) mass is 231 g/mol. The normalized spacial score (nSPS) is 24.7.